The lowest BCUT2D eigenvalue weighted by molar-refractivity contribution is 0.827. The highest BCUT2D eigenvalue weighted by Crippen LogP contribution is 2.28. The summed E-state index contributed by atoms with van der Waals surface area (Å²) in [6.45, 7) is 0. The van der Waals surface area contributed by atoms with Gasteiger partial charge in [0.15, 0.2) is 16.5 Å². The number of halogens is 3. The lowest BCUT2D eigenvalue weighted by atomic mass is 10.2. The minimum absolute atomic E-state index is 0.481. The monoisotopic (exact) mass is 337 g/mol. The van der Waals surface area contributed by atoms with Gasteiger partial charge in [-0.25, -0.2) is 9.67 Å². The Kier molecular flexibility index (Phi) is 4.15. The summed E-state index contributed by atoms with van der Waals surface area (Å²) in [6, 6.07) is 16.9. The molecule has 0 saturated heterocycles. The van der Waals surface area contributed by atoms with Crippen molar-refractivity contribution in [1.29, 1.82) is 0 Å². The van der Waals surface area contributed by atoms with Crippen LogP contribution in [0.1, 0.15) is 10.7 Å². The van der Waals surface area contributed by atoms with Crippen molar-refractivity contribution < 1.29 is 0 Å². The molecule has 106 valence electrons. The molecule has 1 aromatic heterocycles. The summed E-state index contributed by atoms with van der Waals surface area (Å²) in [4.78, 5) is 3.67. The molecule has 0 N–H and O–H groups in total. The van der Waals surface area contributed by atoms with Gasteiger partial charge in [-0.2, -0.15) is 0 Å². The van der Waals surface area contributed by atoms with Gasteiger partial charge in [-0.15, -0.1) is 5.10 Å². The second-order valence-corrected chi connectivity index (χ2v) is 5.88. The Morgan fingerprint density at radius 1 is 0.905 bits per heavy atom. The van der Waals surface area contributed by atoms with Crippen LogP contribution in [0.5, 0.6) is 0 Å². The fourth-order valence-corrected chi connectivity index (χ4v) is 2.35. The normalized spacial score (nSPS) is 11.0. The van der Waals surface area contributed by atoms with E-state index in [9.17, 15) is 0 Å². The van der Waals surface area contributed by atoms with Crippen LogP contribution in [0.15, 0.2) is 54.6 Å². The molecule has 0 unspecified atom stereocenters. The van der Waals surface area contributed by atoms with E-state index < -0.39 is 4.84 Å². The largest absolute Gasteiger partial charge is 0.214 e. The van der Waals surface area contributed by atoms with Crippen LogP contribution in [-0.2, 0) is 0 Å². The summed E-state index contributed by atoms with van der Waals surface area (Å²) in [6.07, 6.45) is 0. The minimum Gasteiger partial charge on any atom is -0.214 e. The number of rotatable bonds is 3. The van der Waals surface area contributed by atoms with Crippen molar-refractivity contribution >= 4 is 34.8 Å². The molecule has 0 fully saturated rings. The smallest absolute Gasteiger partial charge is 0.181 e. The van der Waals surface area contributed by atoms with Gasteiger partial charge in [0, 0.05) is 10.6 Å². The van der Waals surface area contributed by atoms with Crippen molar-refractivity contribution in [3.63, 3.8) is 0 Å². The number of benzene rings is 2. The topological polar surface area (TPSA) is 30.7 Å². The third-order valence-electron chi connectivity index (χ3n) is 2.93. The van der Waals surface area contributed by atoms with Crippen molar-refractivity contribution in [3.8, 4) is 17.1 Å². The molecule has 0 aliphatic rings. The van der Waals surface area contributed by atoms with Crippen LogP contribution >= 0.6 is 34.8 Å². The van der Waals surface area contributed by atoms with Crippen LogP contribution < -0.4 is 0 Å². The predicted octanol–water partition coefficient (Wildman–Crippen LogP) is 5.06. The Hall–Kier alpha value is -1.55. The Bertz CT molecular complexity index is 737. The van der Waals surface area contributed by atoms with E-state index in [1.807, 2.05) is 42.5 Å². The van der Waals surface area contributed by atoms with Gasteiger partial charge < -0.3 is 0 Å². The molecule has 0 aliphatic heterocycles. The first-order chi connectivity index (χ1) is 10.1. The molecule has 0 spiro atoms. The molecule has 0 amide bonds. The molecule has 6 heteroatoms. The number of para-hydroxylation sites is 1. The second kappa shape index (κ2) is 6.06. The summed E-state index contributed by atoms with van der Waals surface area (Å²) in [5.41, 5.74) is 1.70. The van der Waals surface area contributed by atoms with Crippen molar-refractivity contribution in [2.24, 2.45) is 0 Å². The van der Waals surface area contributed by atoms with Crippen molar-refractivity contribution in [2.45, 2.75) is 4.84 Å². The number of alkyl halides is 2. The van der Waals surface area contributed by atoms with E-state index in [1.165, 1.54) is 0 Å². The van der Waals surface area contributed by atoms with E-state index in [0.29, 0.717) is 16.7 Å². The van der Waals surface area contributed by atoms with Gasteiger partial charge in [0.2, 0.25) is 0 Å². The molecule has 0 aliphatic carbocycles. The number of nitrogens with zero attached hydrogens (tertiary/aromatic N) is 3. The highest BCUT2D eigenvalue weighted by Gasteiger charge is 2.18. The Morgan fingerprint density at radius 3 is 2.19 bits per heavy atom. The molecule has 0 radical (unpaired) electrons. The quantitative estimate of drug-likeness (QED) is 0.625. The maximum atomic E-state index is 6.01. The average molecular weight is 339 g/mol. The SMILES string of the molecule is Clc1ccc(-c2nc(C(Cl)Cl)n(-c3ccccc3)n2)cc1. The van der Waals surface area contributed by atoms with Gasteiger partial charge in [0.1, 0.15) is 0 Å². The van der Waals surface area contributed by atoms with Crippen LogP contribution in [0.2, 0.25) is 5.02 Å². The van der Waals surface area contributed by atoms with Gasteiger partial charge >= 0.3 is 0 Å². The predicted molar refractivity (Wildman–Crippen MR) is 86.3 cm³/mol. The van der Waals surface area contributed by atoms with E-state index >= 15 is 0 Å². The summed E-state index contributed by atoms with van der Waals surface area (Å²) >= 11 is 17.9. The second-order valence-electron chi connectivity index (χ2n) is 4.35. The van der Waals surface area contributed by atoms with E-state index in [0.717, 1.165) is 11.3 Å². The van der Waals surface area contributed by atoms with Crippen LogP contribution in [0.25, 0.3) is 17.1 Å². The van der Waals surface area contributed by atoms with Gasteiger partial charge in [0.25, 0.3) is 0 Å². The third-order valence-corrected chi connectivity index (χ3v) is 3.57. The number of hydrogen-bond acceptors (Lipinski definition) is 2. The van der Waals surface area contributed by atoms with E-state index in [4.69, 9.17) is 34.8 Å². The van der Waals surface area contributed by atoms with Gasteiger partial charge in [-0.3, -0.25) is 0 Å². The molecule has 3 nitrogen and oxygen atoms in total. The first-order valence-corrected chi connectivity index (χ1v) is 7.47. The molecule has 21 heavy (non-hydrogen) atoms. The van der Waals surface area contributed by atoms with Crippen molar-refractivity contribution in [1.82, 2.24) is 14.8 Å². The Balaban J connectivity index is 2.11. The molecule has 1 heterocycles. The van der Waals surface area contributed by atoms with E-state index in [2.05, 4.69) is 10.1 Å². The zero-order chi connectivity index (χ0) is 14.8. The molecule has 0 bridgehead atoms. The Morgan fingerprint density at radius 2 is 1.57 bits per heavy atom. The third kappa shape index (κ3) is 3.05. The van der Waals surface area contributed by atoms with Crippen molar-refractivity contribution in [2.75, 3.05) is 0 Å². The maximum Gasteiger partial charge on any atom is 0.181 e. The summed E-state index contributed by atoms with van der Waals surface area (Å²) in [5, 5.41) is 5.16. The van der Waals surface area contributed by atoms with Crippen LogP contribution in [0, 0.1) is 0 Å². The standard InChI is InChI=1S/C15H10Cl3N3/c16-11-8-6-10(7-9-11)14-19-15(13(17)18)21(20-14)12-4-2-1-3-5-12/h1-9,13H. The first kappa shape index (κ1) is 14.4. The highest BCUT2D eigenvalue weighted by atomic mass is 35.5. The zero-order valence-corrected chi connectivity index (χ0v) is 13.0. The fraction of sp³-hybridized carbons (Fsp3) is 0.0667. The maximum absolute atomic E-state index is 6.01. The zero-order valence-electron chi connectivity index (χ0n) is 10.7. The van der Waals surface area contributed by atoms with Crippen LogP contribution in [-0.4, -0.2) is 14.8 Å². The molecule has 0 saturated carbocycles. The summed E-state index contributed by atoms with van der Waals surface area (Å²) in [7, 11) is 0. The molecule has 2 aromatic carbocycles. The van der Waals surface area contributed by atoms with Gasteiger partial charge in [-0.05, 0) is 36.4 Å². The lowest BCUT2D eigenvalue weighted by Gasteiger charge is -2.05. The molecule has 0 atom stereocenters. The minimum atomic E-state index is -0.765. The summed E-state index contributed by atoms with van der Waals surface area (Å²) < 4.78 is 1.65. The number of aromatic nitrogens is 3. The van der Waals surface area contributed by atoms with Gasteiger partial charge in [-0.1, -0.05) is 53.0 Å². The molecule has 3 aromatic rings. The van der Waals surface area contributed by atoms with Crippen LogP contribution in [0.3, 0.4) is 0 Å². The molecular formula is C15H10Cl3N3. The van der Waals surface area contributed by atoms with Crippen molar-refractivity contribution in [3.05, 3.63) is 65.4 Å². The fourth-order valence-electron chi connectivity index (χ4n) is 1.95. The lowest BCUT2D eigenvalue weighted by Crippen LogP contribution is -2.02. The number of hydrogen-bond donors (Lipinski definition) is 0. The van der Waals surface area contributed by atoms with Gasteiger partial charge in [0.05, 0.1) is 5.69 Å². The highest BCUT2D eigenvalue weighted by molar-refractivity contribution is 6.43. The van der Waals surface area contributed by atoms with Crippen LogP contribution in [0.4, 0.5) is 0 Å². The molecular weight excluding hydrogens is 329 g/mol. The summed E-state index contributed by atoms with van der Waals surface area (Å²) in [5.74, 6) is 1.03. The first-order valence-electron chi connectivity index (χ1n) is 6.21. The average Bonchev–Trinajstić information content (AvgIpc) is 2.94. The Labute approximate surface area is 137 Å². The van der Waals surface area contributed by atoms with E-state index in [-0.39, 0.29) is 0 Å². The molecule has 3 rings (SSSR count). The van der Waals surface area contributed by atoms with E-state index in [1.54, 1.807) is 16.8 Å².